The Bertz CT molecular complexity index is 1040. The van der Waals surface area contributed by atoms with E-state index in [4.69, 9.17) is 18.9 Å². The summed E-state index contributed by atoms with van der Waals surface area (Å²) in [7, 11) is 3.83. The Hall–Kier alpha value is -2.20. The van der Waals surface area contributed by atoms with Crippen LogP contribution in [0.15, 0.2) is 0 Å². The van der Waals surface area contributed by atoms with Gasteiger partial charge in [-0.15, -0.1) is 0 Å². The fraction of sp³-hybridized carbons (Fsp3) is 0.920. The molecular formula is C50H94N2O8. The zero-order chi connectivity index (χ0) is 43.9. The van der Waals surface area contributed by atoms with Crippen LogP contribution in [-0.2, 0) is 38.1 Å². The molecule has 60 heavy (non-hydrogen) atoms. The predicted molar refractivity (Wildman–Crippen MR) is 245 cm³/mol. The van der Waals surface area contributed by atoms with Crippen LogP contribution in [0.2, 0.25) is 0 Å². The number of hydrogen-bond donors (Lipinski definition) is 0. The van der Waals surface area contributed by atoms with Gasteiger partial charge < -0.3 is 23.8 Å². The van der Waals surface area contributed by atoms with E-state index in [0.29, 0.717) is 65.0 Å². The van der Waals surface area contributed by atoms with Crippen molar-refractivity contribution in [2.75, 3.05) is 46.9 Å². The van der Waals surface area contributed by atoms with Crippen LogP contribution in [0, 0.1) is 0 Å². The molecule has 0 bridgehead atoms. The summed E-state index contributed by atoms with van der Waals surface area (Å²) in [6, 6.07) is -0.508. The second-order valence-electron chi connectivity index (χ2n) is 18.0. The van der Waals surface area contributed by atoms with E-state index >= 15 is 0 Å². The molecule has 0 aromatic carbocycles. The molecular weight excluding hydrogens is 757 g/mol. The molecule has 0 aliphatic carbocycles. The van der Waals surface area contributed by atoms with Gasteiger partial charge in [0.25, 0.3) is 0 Å². The molecule has 0 amide bonds. The Kier molecular flexibility index (Phi) is 36.9. The van der Waals surface area contributed by atoms with Crippen molar-refractivity contribution in [1.29, 1.82) is 0 Å². The fourth-order valence-corrected chi connectivity index (χ4v) is 8.08. The molecule has 1 unspecified atom stereocenters. The van der Waals surface area contributed by atoms with Crippen LogP contribution in [0.3, 0.4) is 0 Å². The van der Waals surface area contributed by atoms with Crippen LogP contribution in [0.4, 0.5) is 0 Å². The van der Waals surface area contributed by atoms with Crippen molar-refractivity contribution in [3.05, 3.63) is 0 Å². The number of esters is 4. The normalized spacial score (nSPS) is 15.5. The van der Waals surface area contributed by atoms with Crippen LogP contribution >= 0.6 is 0 Å². The van der Waals surface area contributed by atoms with Crippen LogP contribution < -0.4 is 0 Å². The van der Waals surface area contributed by atoms with E-state index in [9.17, 15) is 19.2 Å². The minimum absolute atomic E-state index is 0.0559. The van der Waals surface area contributed by atoms with E-state index in [0.717, 1.165) is 70.6 Å². The lowest BCUT2D eigenvalue weighted by molar-refractivity contribution is -0.151. The number of nitrogens with zero attached hydrogens (tertiary/aromatic N) is 2. The summed E-state index contributed by atoms with van der Waals surface area (Å²) in [4.78, 5) is 55.0. The molecule has 1 aliphatic heterocycles. The SMILES string of the molecule is CCCCCCCCCCCOC(=O)CCCN1CC(OC(=O)CCN(C)C)C[C@H]1C(=O)OCCCCCCCC(=O)OC(CCCCCCCC)CCCCCCCC. The number of rotatable bonds is 42. The third-order valence-corrected chi connectivity index (χ3v) is 11.9. The fourth-order valence-electron chi connectivity index (χ4n) is 8.08. The quantitative estimate of drug-likeness (QED) is 0.0334. The van der Waals surface area contributed by atoms with Gasteiger partial charge in [-0.25, -0.2) is 0 Å². The molecule has 0 spiro atoms. The first-order valence-electron chi connectivity index (χ1n) is 25.3. The largest absolute Gasteiger partial charge is 0.466 e. The molecule has 2 atom stereocenters. The Balaban J connectivity index is 2.41. The van der Waals surface area contributed by atoms with Crippen LogP contribution in [0.25, 0.3) is 0 Å². The highest BCUT2D eigenvalue weighted by Gasteiger charge is 2.39. The second kappa shape index (κ2) is 39.6. The maximum atomic E-state index is 13.3. The molecule has 0 saturated carbocycles. The summed E-state index contributed by atoms with van der Waals surface area (Å²) in [6.45, 7) is 9.10. The summed E-state index contributed by atoms with van der Waals surface area (Å²) in [5.74, 6) is -0.821. The number of carbonyl (C=O) groups is 4. The second-order valence-corrected chi connectivity index (χ2v) is 18.0. The zero-order valence-electron chi connectivity index (χ0n) is 39.8. The lowest BCUT2D eigenvalue weighted by Gasteiger charge is -2.22. The molecule has 0 aromatic rings. The lowest BCUT2D eigenvalue weighted by Crippen LogP contribution is -2.38. The Labute approximate surface area is 368 Å². The molecule has 1 aliphatic rings. The average molecular weight is 851 g/mol. The lowest BCUT2D eigenvalue weighted by atomic mass is 10.0. The van der Waals surface area contributed by atoms with Gasteiger partial charge in [0.05, 0.1) is 19.6 Å². The Morgan fingerprint density at radius 2 is 1.00 bits per heavy atom. The molecule has 0 N–H and O–H groups in total. The third-order valence-electron chi connectivity index (χ3n) is 11.9. The first-order valence-corrected chi connectivity index (χ1v) is 25.3. The maximum absolute atomic E-state index is 13.3. The van der Waals surface area contributed by atoms with Gasteiger partial charge in [-0.05, 0) is 72.0 Å². The molecule has 1 heterocycles. The van der Waals surface area contributed by atoms with E-state index in [-0.39, 0.29) is 36.1 Å². The van der Waals surface area contributed by atoms with E-state index < -0.39 is 6.04 Å². The molecule has 10 heteroatoms. The smallest absolute Gasteiger partial charge is 0.323 e. The summed E-state index contributed by atoms with van der Waals surface area (Å²) in [5.41, 5.74) is 0. The first kappa shape index (κ1) is 55.8. The van der Waals surface area contributed by atoms with E-state index in [1.165, 1.54) is 109 Å². The summed E-state index contributed by atoms with van der Waals surface area (Å²) in [5, 5.41) is 0. The van der Waals surface area contributed by atoms with Gasteiger partial charge in [-0.2, -0.15) is 0 Å². The van der Waals surface area contributed by atoms with Crippen molar-refractivity contribution in [2.45, 2.75) is 251 Å². The van der Waals surface area contributed by atoms with Crippen molar-refractivity contribution in [1.82, 2.24) is 9.80 Å². The molecule has 1 saturated heterocycles. The van der Waals surface area contributed by atoms with Gasteiger partial charge >= 0.3 is 23.9 Å². The topological polar surface area (TPSA) is 112 Å². The number of unbranched alkanes of at least 4 members (excludes halogenated alkanes) is 22. The number of ether oxygens (including phenoxy) is 4. The van der Waals surface area contributed by atoms with E-state index in [1.54, 1.807) is 0 Å². The zero-order valence-corrected chi connectivity index (χ0v) is 39.8. The summed E-state index contributed by atoms with van der Waals surface area (Å²) in [6.07, 6.45) is 34.0. The maximum Gasteiger partial charge on any atom is 0.323 e. The van der Waals surface area contributed by atoms with Crippen molar-refractivity contribution in [3.8, 4) is 0 Å². The standard InChI is InChI=1S/C50H94N2O8/c1-6-9-12-15-18-19-20-25-30-40-57-47(53)36-32-38-52-43-45(60-49(55)37-39-51(4)5)42-46(52)50(56)58-41-31-26-21-24-29-35-48(54)59-44(33-27-22-16-13-10-7-2)34-28-23-17-14-11-8-3/h44-46H,6-43H2,1-5H3/t45?,46-/m0/s1. The molecule has 1 fully saturated rings. The molecule has 352 valence electrons. The Morgan fingerprint density at radius 3 is 1.53 bits per heavy atom. The predicted octanol–water partition coefficient (Wildman–Crippen LogP) is 12.1. The van der Waals surface area contributed by atoms with Crippen molar-refractivity contribution in [3.63, 3.8) is 0 Å². The van der Waals surface area contributed by atoms with Crippen LogP contribution in [0.1, 0.15) is 233 Å². The highest BCUT2D eigenvalue weighted by Crippen LogP contribution is 2.24. The van der Waals surface area contributed by atoms with Crippen LogP contribution in [-0.4, -0.2) is 98.9 Å². The van der Waals surface area contributed by atoms with Gasteiger partial charge in [-0.3, -0.25) is 24.1 Å². The summed E-state index contributed by atoms with van der Waals surface area (Å²) >= 11 is 0. The van der Waals surface area contributed by atoms with E-state index in [2.05, 4.69) is 20.8 Å². The molecule has 10 nitrogen and oxygen atoms in total. The number of likely N-dealkylation sites (tertiary alicyclic amines) is 1. The van der Waals surface area contributed by atoms with Gasteiger partial charge in [0, 0.05) is 32.4 Å². The van der Waals surface area contributed by atoms with Gasteiger partial charge in [0.2, 0.25) is 0 Å². The summed E-state index contributed by atoms with van der Waals surface area (Å²) < 4.78 is 23.0. The molecule has 1 rings (SSSR count). The van der Waals surface area contributed by atoms with Gasteiger partial charge in [-0.1, -0.05) is 156 Å². The first-order chi connectivity index (χ1) is 29.2. The minimum atomic E-state index is -0.508. The third kappa shape index (κ3) is 32.5. The van der Waals surface area contributed by atoms with Gasteiger partial charge in [0.1, 0.15) is 18.2 Å². The average Bonchev–Trinajstić information content (AvgIpc) is 3.63. The monoisotopic (exact) mass is 851 g/mol. The molecule has 0 radical (unpaired) electrons. The van der Waals surface area contributed by atoms with Crippen molar-refractivity contribution in [2.24, 2.45) is 0 Å². The highest BCUT2D eigenvalue weighted by molar-refractivity contribution is 5.76. The highest BCUT2D eigenvalue weighted by atomic mass is 16.6. The Morgan fingerprint density at radius 1 is 0.533 bits per heavy atom. The number of carbonyl (C=O) groups excluding carboxylic acids is 4. The minimum Gasteiger partial charge on any atom is -0.466 e. The van der Waals surface area contributed by atoms with Gasteiger partial charge in [0.15, 0.2) is 0 Å². The van der Waals surface area contributed by atoms with Crippen LogP contribution in [0.5, 0.6) is 0 Å². The van der Waals surface area contributed by atoms with Crippen molar-refractivity contribution >= 4 is 23.9 Å². The van der Waals surface area contributed by atoms with Crippen molar-refractivity contribution < 1.29 is 38.1 Å². The molecule has 0 aromatic heterocycles. The van der Waals surface area contributed by atoms with E-state index in [1.807, 2.05) is 23.9 Å². The number of hydrogen-bond acceptors (Lipinski definition) is 10.